The lowest BCUT2D eigenvalue weighted by molar-refractivity contribution is 0.638. The number of hydrogen-bond acceptors (Lipinski definition) is 8. The van der Waals surface area contributed by atoms with Crippen molar-refractivity contribution in [3.8, 4) is 0 Å². The standard InChI is InChI=1S/C17H19N7S/c1-12-20-14-11-18-5-3-13(14)16(21-12)24-9-7-23(8-10-24)15-4-6-19-17(22-15)25-2/h3-6,11H,7-10H2,1-2H3. The van der Waals surface area contributed by atoms with E-state index in [4.69, 9.17) is 0 Å². The van der Waals surface area contributed by atoms with E-state index >= 15 is 0 Å². The number of aromatic nitrogens is 5. The fraction of sp³-hybridized carbons (Fsp3) is 0.353. The topological polar surface area (TPSA) is 70.9 Å². The van der Waals surface area contributed by atoms with Gasteiger partial charge in [0.1, 0.15) is 17.5 Å². The molecule has 0 aromatic carbocycles. The van der Waals surface area contributed by atoms with Gasteiger partial charge in [-0.15, -0.1) is 0 Å². The quantitative estimate of drug-likeness (QED) is 0.524. The first-order valence-corrected chi connectivity index (χ1v) is 9.42. The molecule has 0 N–H and O–H groups in total. The molecule has 0 saturated carbocycles. The third-order valence-electron chi connectivity index (χ3n) is 4.30. The fourth-order valence-corrected chi connectivity index (χ4v) is 3.42. The van der Waals surface area contributed by atoms with Crippen LogP contribution in [0.1, 0.15) is 5.82 Å². The Hall–Kier alpha value is -2.48. The maximum Gasteiger partial charge on any atom is 0.189 e. The number of hydrogen-bond donors (Lipinski definition) is 0. The smallest absolute Gasteiger partial charge is 0.189 e. The summed E-state index contributed by atoms with van der Waals surface area (Å²) in [7, 11) is 0. The van der Waals surface area contributed by atoms with Crippen LogP contribution in [0.2, 0.25) is 0 Å². The number of pyridine rings is 1. The van der Waals surface area contributed by atoms with Crippen molar-refractivity contribution in [1.29, 1.82) is 0 Å². The first-order chi connectivity index (χ1) is 12.2. The van der Waals surface area contributed by atoms with Crippen LogP contribution in [0, 0.1) is 6.92 Å². The van der Waals surface area contributed by atoms with Crippen molar-refractivity contribution in [1.82, 2.24) is 24.9 Å². The van der Waals surface area contributed by atoms with Gasteiger partial charge in [0.2, 0.25) is 0 Å². The molecule has 0 bridgehead atoms. The molecule has 1 fully saturated rings. The van der Waals surface area contributed by atoms with E-state index in [1.54, 1.807) is 24.2 Å². The lowest BCUT2D eigenvalue weighted by atomic mass is 10.2. The molecular weight excluding hydrogens is 334 g/mol. The third kappa shape index (κ3) is 3.21. The lowest BCUT2D eigenvalue weighted by Crippen LogP contribution is -2.47. The summed E-state index contributed by atoms with van der Waals surface area (Å²) < 4.78 is 0. The molecule has 3 aromatic rings. The van der Waals surface area contributed by atoms with E-state index < -0.39 is 0 Å². The number of aryl methyl sites for hydroxylation is 1. The molecule has 8 heteroatoms. The molecule has 3 aromatic heterocycles. The van der Waals surface area contributed by atoms with Crippen LogP contribution in [0.3, 0.4) is 0 Å². The molecule has 1 aliphatic rings. The van der Waals surface area contributed by atoms with Crippen LogP contribution >= 0.6 is 11.8 Å². The monoisotopic (exact) mass is 353 g/mol. The summed E-state index contributed by atoms with van der Waals surface area (Å²) >= 11 is 1.57. The maximum atomic E-state index is 4.69. The number of thioether (sulfide) groups is 1. The Labute approximate surface area is 150 Å². The molecule has 0 radical (unpaired) electrons. The van der Waals surface area contributed by atoms with Gasteiger partial charge in [0.05, 0.1) is 11.7 Å². The molecule has 128 valence electrons. The Morgan fingerprint density at radius 2 is 1.76 bits per heavy atom. The predicted molar refractivity (Wildman–Crippen MR) is 100 cm³/mol. The van der Waals surface area contributed by atoms with E-state index in [1.165, 1.54) is 0 Å². The third-order valence-corrected chi connectivity index (χ3v) is 4.86. The molecule has 0 unspecified atom stereocenters. The number of anilines is 2. The second-order valence-electron chi connectivity index (χ2n) is 5.86. The number of fused-ring (bicyclic) bond motifs is 1. The Balaban J connectivity index is 1.56. The Morgan fingerprint density at radius 3 is 2.56 bits per heavy atom. The van der Waals surface area contributed by atoms with Gasteiger partial charge in [0.15, 0.2) is 5.16 Å². The summed E-state index contributed by atoms with van der Waals surface area (Å²) in [5.41, 5.74) is 0.896. The predicted octanol–water partition coefficient (Wildman–Crippen LogP) is 2.17. The van der Waals surface area contributed by atoms with Gasteiger partial charge in [-0.1, -0.05) is 11.8 Å². The average molecular weight is 353 g/mol. The number of rotatable bonds is 3. The second kappa shape index (κ2) is 6.79. The normalized spacial score (nSPS) is 15.0. The van der Waals surface area contributed by atoms with Gasteiger partial charge < -0.3 is 9.80 Å². The van der Waals surface area contributed by atoms with Crippen LogP contribution in [0.25, 0.3) is 10.9 Å². The summed E-state index contributed by atoms with van der Waals surface area (Å²) in [5.74, 6) is 2.77. The molecule has 4 heterocycles. The van der Waals surface area contributed by atoms with Crippen molar-refractivity contribution in [2.75, 3.05) is 42.2 Å². The lowest BCUT2D eigenvalue weighted by Gasteiger charge is -2.36. The van der Waals surface area contributed by atoms with E-state index in [0.29, 0.717) is 0 Å². The van der Waals surface area contributed by atoms with E-state index in [2.05, 4.69) is 34.7 Å². The molecule has 0 aliphatic carbocycles. The molecule has 25 heavy (non-hydrogen) atoms. The van der Waals surface area contributed by atoms with Gasteiger partial charge in [-0.2, -0.15) is 0 Å². The first-order valence-electron chi connectivity index (χ1n) is 8.20. The molecule has 0 atom stereocenters. The SMILES string of the molecule is CSc1nccc(N2CCN(c3nc(C)nc4cnccc34)CC2)n1. The molecular formula is C17H19N7S. The summed E-state index contributed by atoms with van der Waals surface area (Å²) in [6, 6.07) is 3.97. The highest BCUT2D eigenvalue weighted by Gasteiger charge is 2.21. The van der Waals surface area contributed by atoms with Crippen molar-refractivity contribution in [3.05, 3.63) is 36.5 Å². The van der Waals surface area contributed by atoms with E-state index in [-0.39, 0.29) is 0 Å². The minimum absolute atomic E-state index is 0.776. The molecule has 1 aliphatic heterocycles. The summed E-state index contributed by atoms with van der Waals surface area (Å²) in [4.78, 5) is 26.8. The second-order valence-corrected chi connectivity index (χ2v) is 6.64. The highest BCUT2D eigenvalue weighted by Crippen LogP contribution is 2.25. The Kier molecular flexibility index (Phi) is 4.35. The number of piperazine rings is 1. The van der Waals surface area contributed by atoms with Gasteiger partial charge in [-0.25, -0.2) is 19.9 Å². The van der Waals surface area contributed by atoms with Gasteiger partial charge >= 0.3 is 0 Å². The molecule has 1 saturated heterocycles. The van der Waals surface area contributed by atoms with Crippen LogP contribution < -0.4 is 9.80 Å². The minimum Gasteiger partial charge on any atom is -0.353 e. The zero-order chi connectivity index (χ0) is 17.2. The number of nitrogens with zero attached hydrogens (tertiary/aromatic N) is 7. The maximum absolute atomic E-state index is 4.69. The highest BCUT2D eigenvalue weighted by molar-refractivity contribution is 7.98. The minimum atomic E-state index is 0.776. The van der Waals surface area contributed by atoms with Crippen LogP contribution in [0.4, 0.5) is 11.6 Å². The first kappa shape index (κ1) is 16.0. The molecule has 7 nitrogen and oxygen atoms in total. The average Bonchev–Trinajstić information content (AvgIpc) is 2.67. The van der Waals surface area contributed by atoms with E-state index in [0.717, 1.165) is 59.7 Å². The van der Waals surface area contributed by atoms with Gasteiger partial charge in [0, 0.05) is 44.0 Å². The summed E-state index contributed by atoms with van der Waals surface area (Å²) in [6.45, 7) is 5.52. The van der Waals surface area contributed by atoms with Crippen LogP contribution in [0.15, 0.2) is 35.9 Å². The van der Waals surface area contributed by atoms with Crippen LogP contribution in [-0.2, 0) is 0 Å². The van der Waals surface area contributed by atoms with E-state index in [1.807, 2.05) is 31.5 Å². The summed E-state index contributed by atoms with van der Waals surface area (Å²) in [5, 5.41) is 1.87. The van der Waals surface area contributed by atoms with E-state index in [9.17, 15) is 0 Å². The van der Waals surface area contributed by atoms with Crippen molar-refractivity contribution in [2.24, 2.45) is 0 Å². The zero-order valence-corrected chi connectivity index (χ0v) is 15.1. The largest absolute Gasteiger partial charge is 0.353 e. The molecule has 0 spiro atoms. The molecule has 0 amide bonds. The van der Waals surface area contributed by atoms with Gasteiger partial charge in [0.25, 0.3) is 0 Å². The fourth-order valence-electron chi connectivity index (χ4n) is 3.07. The van der Waals surface area contributed by atoms with Crippen LogP contribution in [-0.4, -0.2) is 57.4 Å². The van der Waals surface area contributed by atoms with Crippen molar-refractivity contribution in [2.45, 2.75) is 12.1 Å². The summed E-state index contributed by atoms with van der Waals surface area (Å²) in [6.07, 6.45) is 7.42. The highest BCUT2D eigenvalue weighted by atomic mass is 32.2. The van der Waals surface area contributed by atoms with Crippen molar-refractivity contribution < 1.29 is 0 Å². The van der Waals surface area contributed by atoms with Crippen molar-refractivity contribution >= 4 is 34.3 Å². The zero-order valence-electron chi connectivity index (χ0n) is 14.3. The molecule has 4 rings (SSSR count). The van der Waals surface area contributed by atoms with Crippen molar-refractivity contribution in [3.63, 3.8) is 0 Å². The Morgan fingerprint density at radius 1 is 0.960 bits per heavy atom. The van der Waals surface area contributed by atoms with Gasteiger partial charge in [-0.3, -0.25) is 4.98 Å². The Bertz CT molecular complexity index is 893. The van der Waals surface area contributed by atoms with Gasteiger partial charge in [-0.05, 0) is 25.3 Å². The van der Waals surface area contributed by atoms with Crippen LogP contribution in [0.5, 0.6) is 0 Å².